The second-order valence-corrected chi connectivity index (χ2v) is 7.79. The lowest BCUT2D eigenvalue weighted by molar-refractivity contribution is 0.0695. The van der Waals surface area contributed by atoms with Crippen molar-refractivity contribution in [3.05, 3.63) is 78.0 Å². The van der Waals surface area contributed by atoms with Crippen LogP contribution in [0.15, 0.2) is 41.2 Å². The highest BCUT2D eigenvalue weighted by Crippen LogP contribution is 2.35. The average Bonchev–Trinajstić information content (AvgIpc) is 2.62. The van der Waals surface area contributed by atoms with Crippen LogP contribution >= 0.6 is 46.4 Å². The number of carbonyl (C=O) groups is 1. The topological polar surface area (TPSA) is 59.3 Å². The number of halogens is 4. The van der Waals surface area contributed by atoms with E-state index in [1.54, 1.807) is 42.8 Å². The van der Waals surface area contributed by atoms with Crippen molar-refractivity contribution in [3.8, 4) is 22.4 Å². The van der Waals surface area contributed by atoms with Crippen molar-refractivity contribution < 1.29 is 9.90 Å². The van der Waals surface area contributed by atoms with Gasteiger partial charge in [-0.2, -0.15) is 0 Å². The molecule has 8 heteroatoms. The van der Waals surface area contributed by atoms with Crippen LogP contribution in [0, 0.1) is 6.92 Å². The van der Waals surface area contributed by atoms with E-state index in [2.05, 4.69) is 0 Å². The fourth-order valence-corrected chi connectivity index (χ4v) is 3.89. The Morgan fingerprint density at radius 2 is 1.64 bits per heavy atom. The number of benzene rings is 2. The fraction of sp³-hybridized carbons (Fsp3) is 0.100. The Morgan fingerprint density at radius 3 is 2.21 bits per heavy atom. The Hall–Kier alpha value is -1.98. The first kappa shape index (κ1) is 20.7. The van der Waals surface area contributed by atoms with Crippen LogP contribution in [0.5, 0.6) is 0 Å². The Labute approximate surface area is 180 Å². The predicted molar refractivity (Wildman–Crippen MR) is 114 cm³/mol. The molecule has 0 amide bonds. The third-order valence-electron chi connectivity index (χ3n) is 4.50. The van der Waals surface area contributed by atoms with E-state index in [1.165, 1.54) is 12.1 Å². The minimum absolute atomic E-state index is 0.199. The van der Waals surface area contributed by atoms with Gasteiger partial charge in [-0.1, -0.05) is 58.5 Å². The van der Waals surface area contributed by atoms with Gasteiger partial charge in [0.15, 0.2) is 0 Å². The maximum atomic E-state index is 13.2. The molecule has 0 saturated carbocycles. The highest BCUT2D eigenvalue weighted by molar-refractivity contribution is 6.42. The molecule has 0 saturated heterocycles. The molecule has 2 aromatic carbocycles. The van der Waals surface area contributed by atoms with Crippen LogP contribution in [-0.4, -0.2) is 15.6 Å². The standard InChI is InChI=1S/C20H13Cl4NO3/c1-9-16(12-5-4-11(21)8-14(12)23)19(26)17(20(27)28)18(25(9)2)10-3-6-13(22)15(24)7-10/h3-8H,1-2H3,(H,27,28). The molecule has 0 aliphatic carbocycles. The average molecular weight is 457 g/mol. The third-order valence-corrected chi connectivity index (χ3v) is 5.79. The summed E-state index contributed by atoms with van der Waals surface area (Å²) in [4.78, 5) is 25.2. The number of rotatable bonds is 3. The lowest BCUT2D eigenvalue weighted by Crippen LogP contribution is -2.24. The fourth-order valence-electron chi connectivity index (χ4n) is 3.09. The Morgan fingerprint density at radius 1 is 0.964 bits per heavy atom. The molecule has 1 aromatic heterocycles. The van der Waals surface area contributed by atoms with Gasteiger partial charge < -0.3 is 9.67 Å². The van der Waals surface area contributed by atoms with Crippen molar-refractivity contribution in [1.29, 1.82) is 0 Å². The minimum Gasteiger partial charge on any atom is -0.477 e. The molecule has 0 aliphatic rings. The van der Waals surface area contributed by atoms with Gasteiger partial charge in [0.25, 0.3) is 0 Å². The van der Waals surface area contributed by atoms with E-state index in [4.69, 9.17) is 46.4 Å². The van der Waals surface area contributed by atoms with E-state index in [0.29, 0.717) is 26.9 Å². The molecule has 0 bridgehead atoms. The monoisotopic (exact) mass is 455 g/mol. The van der Waals surface area contributed by atoms with Gasteiger partial charge in [-0.15, -0.1) is 0 Å². The molecular weight excluding hydrogens is 444 g/mol. The molecule has 1 N–H and O–H groups in total. The van der Waals surface area contributed by atoms with Crippen LogP contribution in [0.4, 0.5) is 0 Å². The van der Waals surface area contributed by atoms with Gasteiger partial charge in [0.2, 0.25) is 5.43 Å². The molecule has 3 aromatic rings. The molecule has 4 nitrogen and oxygen atoms in total. The van der Waals surface area contributed by atoms with Crippen LogP contribution in [0.25, 0.3) is 22.4 Å². The summed E-state index contributed by atoms with van der Waals surface area (Å²) in [5, 5.41) is 11.1. The van der Waals surface area contributed by atoms with Crippen molar-refractivity contribution in [2.24, 2.45) is 7.05 Å². The second kappa shape index (κ2) is 7.80. The first-order chi connectivity index (χ1) is 13.1. The summed E-state index contributed by atoms with van der Waals surface area (Å²) in [6.45, 7) is 1.72. The van der Waals surface area contributed by atoms with Crippen LogP contribution in [0.1, 0.15) is 16.1 Å². The van der Waals surface area contributed by atoms with Crippen molar-refractivity contribution in [2.75, 3.05) is 0 Å². The zero-order valence-electron chi connectivity index (χ0n) is 14.7. The minimum atomic E-state index is -1.35. The number of carboxylic acids is 1. The first-order valence-electron chi connectivity index (χ1n) is 8.01. The molecule has 0 radical (unpaired) electrons. The van der Waals surface area contributed by atoms with Crippen LogP contribution in [0.2, 0.25) is 20.1 Å². The summed E-state index contributed by atoms with van der Waals surface area (Å²) in [5.74, 6) is -1.35. The lowest BCUT2D eigenvalue weighted by Gasteiger charge is -2.19. The normalized spacial score (nSPS) is 10.9. The van der Waals surface area contributed by atoms with E-state index < -0.39 is 11.4 Å². The SMILES string of the molecule is Cc1c(-c2ccc(Cl)cc2Cl)c(=O)c(C(=O)O)c(-c2ccc(Cl)c(Cl)c2)n1C. The number of aromatic carboxylic acids is 1. The zero-order chi connectivity index (χ0) is 20.7. The van der Waals surface area contributed by atoms with Crippen LogP contribution < -0.4 is 5.43 Å². The molecule has 144 valence electrons. The maximum absolute atomic E-state index is 13.2. The van der Waals surface area contributed by atoms with Crippen LogP contribution in [0.3, 0.4) is 0 Å². The van der Waals surface area contributed by atoms with E-state index in [1.807, 2.05) is 0 Å². The number of aromatic nitrogens is 1. The molecule has 0 spiro atoms. The molecule has 3 rings (SSSR count). The lowest BCUT2D eigenvalue weighted by atomic mass is 9.96. The summed E-state index contributed by atoms with van der Waals surface area (Å²) in [5.41, 5.74) is 0.810. The van der Waals surface area contributed by atoms with Gasteiger partial charge in [-0.3, -0.25) is 4.79 Å². The summed E-state index contributed by atoms with van der Waals surface area (Å²) < 4.78 is 1.63. The van der Waals surface area contributed by atoms with Crippen molar-refractivity contribution >= 4 is 52.4 Å². The van der Waals surface area contributed by atoms with E-state index in [0.717, 1.165) is 0 Å². The summed E-state index contributed by atoms with van der Waals surface area (Å²) in [6.07, 6.45) is 0. The van der Waals surface area contributed by atoms with Crippen molar-refractivity contribution in [2.45, 2.75) is 6.92 Å². The zero-order valence-corrected chi connectivity index (χ0v) is 17.7. The maximum Gasteiger partial charge on any atom is 0.341 e. The first-order valence-corrected chi connectivity index (χ1v) is 9.52. The summed E-state index contributed by atoms with van der Waals surface area (Å²) in [6, 6.07) is 9.39. The van der Waals surface area contributed by atoms with Crippen LogP contribution in [-0.2, 0) is 7.05 Å². The van der Waals surface area contributed by atoms with Gasteiger partial charge in [0, 0.05) is 28.9 Å². The van der Waals surface area contributed by atoms with E-state index >= 15 is 0 Å². The number of hydrogen-bond donors (Lipinski definition) is 1. The highest BCUT2D eigenvalue weighted by atomic mass is 35.5. The van der Waals surface area contributed by atoms with Gasteiger partial charge in [-0.05, 0) is 31.2 Å². The summed E-state index contributed by atoms with van der Waals surface area (Å²) in [7, 11) is 1.67. The molecular formula is C20H13Cl4NO3. The number of nitrogens with zero attached hydrogens (tertiary/aromatic N) is 1. The number of pyridine rings is 1. The summed E-state index contributed by atoms with van der Waals surface area (Å²) >= 11 is 24.3. The van der Waals surface area contributed by atoms with E-state index in [9.17, 15) is 14.7 Å². The number of hydrogen-bond acceptors (Lipinski definition) is 2. The molecule has 0 unspecified atom stereocenters. The van der Waals surface area contributed by atoms with Gasteiger partial charge in [0.1, 0.15) is 5.56 Å². The Bertz CT molecular complexity index is 1190. The Balaban J connectivity index is 2.43. The second-order valence-electron chi connectivity index (χ2n) is 6.13. The smallest absolute Gasteiger partial charge is 0.341 e. The van der Waals surface area contributed by atoms with E-state index in [-0.39, 0.29) is 26.9 Å². The predicted octanol–water partition coefficient (Wildman–Crippen LogP) is 6.34. The highest BCUT2D eigenvalue weighted by Gasteiger charge is 2.25. The number of carboxylic acid groups (broad SMARTS) is 1. The molecule has 28 heavy (non-hydrogen) atoms. The largest absolute Gasteiger partial charge is 0.477 e. The third kappa shape index (κ3) is 3.53. The molecule has 1 heterocycles. The Kier molecular flexibility index (Phi) is 5.78. The molecule has 0 aliphatic heterocycles. The van der Waals surface area contributed by atoms with Gasteiger partial charge in [-0.25, -0.2) is 4.79 Å². The van der Waals surface area contributed by atoms with Gasteiger partial charge >= 0.3 is 5.97 Å². The van der Waals surface area contributed by atoms with Crippen molar-refractivity contribution in [1.82, 2.24) is 4.57 Å². The molecule has 0 fully saturated rings. The van der Waals surface area contributed by atoms with Gasteiger partial charge in [0.05, 0.1) is 26.3 Å². The quantitative estimate of drug-likeness (QED) is 0.500. The molecule has 0 atom stereocenters. The van der Waals surface area contributed by atoms with Crippen molar-refractivity contribution in [3.63, 3.8) is 0 Å².